The van der Waals surface area contributed by atoms with E-state index in [4.69, 9.17) is 16.0 Å². The van der Waals surface area contributed by atoms with E-state index >= 15 is 0 Å². The van der Waals surface area contributed by atoms with Gasteiger partial charge >= 0.3 is 0 Å². The average Bonchev–Trinajstić information content (AvgIpc) is 3.06. The number of hydrogen-bond acceptors (Lipinski definition) is 3. The molecule has 27 heavy (non-hydrogen) atoms. The van der Waals surface area contributed by atoms with Crippen LogP contribution >= 0.6 is 11.6 Å². The van der Waals surface area contributed by atoms with Crippen LogP contribution in [0.5, 0.6) is 0 Å². The third-order valence-electron chi connectivity index (χ3n) is 4.09. The summed E-state index contributed by atoms with van der Waals surface area (Å²) >= 11 is 6.21. The quantitative estimate of drug-likeness (QED) is 0.485. The predicted octanol–water partition coefficient (Wildman–Crippen LogP) is 5.85. The van der Waals surface area contributed by atoms with Gasteiger partial charge in [0, 0.05) is 11.1 Å². The second kappa shape index (κ2) is 6.85. The first kappa shape index (κ1) is 17.2. The largest absolute Gasteiger partial charge is 0.436 e. The van der Waals surface area contributed by atoms with E-state index in [1.54, 1.807) is 18.2 Å². The number of nitrogens with one attached hydrogen (secondary N) is 1. The Morgan fingerprint density at radius 1 is 1.11 bits per heavy atom. The summed E-state index contributed by atoms with van der Waals surface area (Å²) in [5, 5.41) is 3.06. The summed E-state index contributed by atoms with van der Waals surface area (Å²) in [5.41, 5.74) is 3.78. The Balaban J connectivity index is 1.67. The molecule has 0 atom stereocenters. The van der Waals surface area contributed by atoms with Gasteiger partial charge in [0.2, 0.25) is 5.89 Å². The van der Waals surface area contributed by atoms with Gasteiger partial charge in [-0.3, -0.25) is 4.79 Å². The van der Waals surface area contributed by atoms with Crippen LogP contribution in [0.1, 0.15) is 15.9 Å². The van der Waals surface area contributed by atoms with E-state index in [9.17, 15) is 9.18 Å². The van der Waals surface area contributed by atoms with Crippen molar-refractivity contribution in [1.29, 1.82) is 0 Å². The van der Waals surface area contributed by atoms with Crippen molar-refractivity contribution in [2.24, 2.45) is 0 Å². The number of rotatable bonds is 3. The third-order valence-corrected chi connectivity index (χ3v) is 4.42. The summed E-state index contributed by atoms with van der Waals surface area (Å²) in [6.07, 6.45) is 0. The minimum Gasteiger partial charge on any atom is -0.436 e. The molecule has 0 aliphatic heterocycles. The van der Waals surface area contributed by atoms with Gasteiger partial charge < -0.3 is 9.73 Å². The van der Waals surface area contributed by atoms with E-state index in [0.717, 1.165) is 17.1 Å². The number of benzene rings is 3. The molecule has 0 spiro atoms. The van der Waals surface area contributed by atoms with Crippen LogP contribution in [0.4, 0.5) is 10.1 Å². The number of fused-ring (bicyclic) bond motifs is 1. The lowest BCUT2D eigenvalue weighted by Gasteiger charge is -2.08. The highest BCUT2D eigenvalue weighted by molar-refractivity contribution is 6.34. The number of hydrogen-bond donors (Lipinski definition) is 1. The fourth-order valence-electron chi connectivity index (χ4n) is 2.74. The van der Waals surface area contributed by atoms with Gasteiger partial charge in [-0.1, -0.05) is 23.7 Å². The second-order valence-corrected chi connectivity index (χ2v) is 6.56. The second-order valence-electron chi connectivity index (χ2n) is 6.15. The molecule has 4 rings (SSSR count). The first-order valence-electron chi connectivity index (χ1n) is 8.23. The number of oxazole rings is 1. The van der Waals surface area contributed by atoms with Gasteiger partial charge in [-0.15, -0.1) is 0 Å². The van der Waals surface area contributed by atoms with Crippen LogP contribution in [0.3, 0.4) is 0 Å². The molecular weight excluding hydrogens is 367 g/mol. The first-order valence-corrected chi connectivity index (χ1v) is 8.61. The molecule has 4 aromatic rings. The number of aryl methyl sites for hydroxylation is 1. The third kappa shape index (κ3) is 3.55. The Hall–Kier alpha value is -3.18. The number of nitrogens with zero attached hydrogens (tertiary/aromatic N) is 1. The number of aromatic nitrogens is 1. The van der Waals surface area contributed by atoms with Crippen LogP contribution in [-0.4, -0.2) is 10.9 Å². The normalized spacial score (nSPS) is 10.9. The molecular formula is C21H14ClFN2O2. The Bertz CT molecular complexity index is 1170. The molecule has 0 saturated heterocycles. The van der Waals surface area contributed by atoms with Gasteiger partial charge in [0.1, 0.15) is 11.3 Å². The van der Waals surface area contributed by atoms with E-state index < -0.39 is 11.7 Å². The standard InChI is InChI=1S/C21H14ClFN2O2/c1-12-5-8-19-18(9-12)25-21(27-19)14-6-7-16(22)17(11-14)24-20(26)13-3-2-4-15(23)10-13/h2-11H,1H3,(H,24,26). The molecule has 134 valence electrons. The summed E-state index contributed by atoms with van der Waals surface area (Å²) in [6.45, 7) is 1.98. The average molecular weight is 381 g/mol. The van der Waals surface area contributed by atoms with Gasteiger partial charge in [-0.25, -0.2) is 9.37 Å². The van der Waals surface area contributed by atoms with Crippen molar-refractivity contribution in [3.63, 3.8) is 0 Å². The van der Waals surface area contributed by atoms with Crippen molar-refractivity contribution in [2.45, 2.75) is 6.92 Å². The number of amides is 1. The SMILES string of the molecule is Cc1ccc2oc(-c3ccc(Cl)c(NC(=O)c4cccc(F)c4)c3)nc2c1. The predicted molar refractivity (Wildman–Crippen MR) is 104 cm³/mol. The molecule has 0 bridgehead atoms. The highest BCUT2D eigenvalue weighted by Crippen LogP contribution is 2.31. The van der Waals surface area contributed by atoms with Gasteiger partial charge in [0.15, 0.2) is 5.58 Å². The van der Waals surface area contributed by atoms with Crippen molar-refractivity contribution >= 4 is 34.3 Å². The topological polar surface area (TPSA) is 55.1 Å². The molecule has 0 fully saturated rings. The van der Waals surface area contributed by atoms with Crippen molar-refractivity contribution in [1.82, 2.24) is 4.98 Å². The van der Waals surface area contributed by atoms with Crippen molar-refractivity contribution in [3.8, 4) is 11.5 Å². The Labute approximate surface area is 159 Å². The molecule has 1 heterocycles. The van der Waals surface area contributed by atoms with Crippen molar-refractivity contribution in [2.75, 3.05) is 5.32 Å². The lowest BCUT2D eigenvalue weighted by molar-refractivity contribution is 0.102. The summed E-state index contributed by atoms with van der Waals surface area (Å²) in [4.78, 5) is 16.9. The van der Waals surface area contributed by atoms with E-state index in [2.05, 4.69) is 10.3 Å². The minimum absolute atomic E-state index is 0.203. The number of halogens is 2. The number of carbonyl (C=O) groups excluding carboxylic acids is 1. The summed E-state index contributed by atoms with van der Waals surface area (Å²) in [5.74, 6) is -0.514. The molecule has 1 aromatic heterocycles. The van der Waals surface area contributed by atoms with E-state index in [1.807, 2.05) is 25.1 Å². The van der Waals surface area contributed by atoms with E-state index in [0.29, 0.717) is 27.7 Å². The summed E-state index contributed by atoms with van der Waals surface area (Å²) < 4.78 is 19.1. The molecule has 0 aliphatic rings. The molecule has 0 aliphatic carbocycles. The van der Waals surface area contributed by atoms with Crippen LogP contribution in [0.25, 0.3) is 22.6 Å². The number of anilines is 1. The van der Waals surface area contributed by atoms with Gasteiger partial charge in [-0.2, -0.15) is 0 Å². The molecule has 1 N–H and O–H groups in total. The lowest BCUT2D eigenvalue weighted by Crippen LogP contribution is -2.12. The summed E-state index contributed by atoms with van der Waals surface area (Å²) in [7, 11) is 0. The highest BCUT2D eigenvalue weighted by Gasteiger charge is 2.13. The zero-order chi connectivity index (χ0) is 19.0. The molecule has 1 amide bonds. The zero-order valence-electron chi connectivity index (χ0n) is 14.3. The lowest BCUT2D eigenvalue weighted by atomic mass is 10.1. The maximum absolute atomic E-state index is 13.3. The number of carbonyl (C=O) groups is 1. The Morgan fingerprint density at radius 3 is 2.78 bits per heavy atom. The highest BCUT2D eigenvalue weighted by atomic mass is 35.5. The van der Waals surface area contributed by atoms with Crippen molar-refractivity contribution in [3.05, 3.63) is 82.6 Å². The Morgan fingerprint density at radius 2 is 1.96 bits per heavy atom. The fraction of sp³-hybridized carbons (Fsp3) is 0.0476. The molecule has 6 heteroatoms. The zero-order valence-corrected chi connectivity index (χ0v) is 15.0. The van der Waals surface area contributed by atoms with Crippen LogP contribution in [-0.2, 0) is 0 Å². The van der Waals surface area contributed by atoms with E-state index in [1.165, 1.54) is 18.2 Å². The first-order chi connectivity index (χ1) is 13.0. The molecule has 3 aromatic carbocycles. The molecule has 0 unspecified atom stereocenters. The fourth-order valence-corrected chi connectivity index (χ4v) is 2.90. The van der Waals surface area contributed by atoms with Crippen LogP contribution in [0.2, 0.25) is 5.02 Å². The van der Waals surface area contributed by atoms with Gasteiger partial charge in [0.25, 0.3) is 5.91 Å². The summed E-state index contributed by atoms with van der Waals surface area (Å²) in [6, 6.07) is 16.3. The van der Waals surface area contributed by atoms with Gasteiger partial charge in [0.05, 0.1) is 10.7 Å². The van der Waals surface area contributed by atoms with Crippen LogP contribution in [0, 0.1) is 12.7 Å². The smallest absolute Gasteiger partial charge is 0.255 e. The Kier molecular flexibility index (Phi) is 4.38. The molecule has 0 saturated carbocycles. The van der Waals surface area contributed by atoms with Crippen LogP contribution < -0.4 is 5.32 Å². The monoisotopic (exact) mass is 380 g/mol. The molecule has 4 nitrogen and oxygen atoms in total. The van der Waals surface area contributed by atoms with E-state index in [-0.39, 0.29) is 5.56 Å². The minimum atomic E-state index is -0.482. The van der Waals surface area contributed by atoms with Crippen molar-refractivity contribution < 1.29 is 13.6 Å². The van der Waals surface area contributed by atoms with Crippen LogP contribution in [0.15, 0.2) is 65.1 Å². The van der Waals surface area contributed by atoms with Gasteiger partial charge in [-0.05, 0) is 61.0 Å². The molecule has 0 radical (unpaired) electrons. The maximum atomic E-state index is 13.3. The maximum Gasteiger partial charge on any atom is 0.255 e.